The van der Waals surface area contributed by atoms with Crippen LogP contribution in [0.5, 0.6) is 0 Å². The van der Waals surface area contributed by atoms with Gasteiger partial charge in [-0.2, -0.15) is 0 Å². The molecule has 0 amide bonds. The van der Waals surface area contributed by atoms with Crippen molar-refractivity contribution in [3.05, 3.63) is 23.7 Å². The van der Waals surface area contributed by atoms with Crippen LogP contribution >= 0.6 is 11.3 Å². The molecule has 0 saturated heterocycles. The molecule has 2 aromatic rings. The molecule has 0 unspecified atom stereocenters. The lowest BCUT2D eigenvalue weighted by atomic mass is 9.96. The van der Waals surface area contributed by atoms with Crippen LogP contribution in [0, 0.1) is 0 Å². The molecular weight excluding hydrogens is 141 g/mol. The zero-order valence-electron chi connectivity index (χ0n) is 5.66. The maximum atomic E-state index is 4.20. The van der Waals surface area contributed by atoms with Crippen LogP contribution < -0.4 is 5.46 Å². The van der Waals surface area contributed by atoms with Gasteiger partial charge >= 0.3 is 0 Å². The minimum Gasteiger partial charge on any atom is -0.245 e. The van der Waals surface area contributed by atoms with Gasteiger partial charge in [-0.1, -0.05) is 11.5 Å². The van der Waals surface area contributed by atoms with Gasteiger partial charge in [0.05, 0.1) is 15.7 Å². The van der Waals surface area contributed by atoms with E-state index in [1.54, 1.807) is 11.3 Å². The summed E-state index contributed by atoms with van der Waals surface area (Å²) in [5, 5.41) is 0. The lowest BCUT2D eigenvalue weighted by molar-refractivity contribution is 1.51. The average molecular weight is 147 g/mol. The number of nitrogens with zero attached hydrogens (tertiary/aromatic N) is 1. The van der Waals surface area contributed by atoms with Gasteiger partial charge in [0.2, 0.25) is 0 Å². The molecule has 1 nitrogen and oxygen atoms in total. The summed E-state index contributed by atoms with van der Waals surface area (Å²) in [6.07, 6.45) is 0. The van der Waals surface area contributed by atoms with E-state index in [2.05, 4.69) is 31.0 Å². The largest absolute Gasteiger partial charge is 0.245 e. The summed E-state index contributed by atoms with van der Waals surface area (Å²) in [6.45, 7) is 0. The topological polar surface area (TPSA) is 12.9 Å². The highest BCUT2D eigenvalue weighted by molar-refractivity contribution is 7.16. The second kappa shape index (κ2) is 2.09. The van der Waals surface area contributed by atoms with E-state index in [9.17, 15) is 0 Å². The average Bonchev–Trinajstić information content (AvgIpc) is 2.33. The minimum atomic E-state index is 1.12. The Balaban J connectivity index is 2.86. The Morgan fingerprint density at radius 3 is 3.20 bits per heavy atom. The van der Waals surface area contributed by atoms with Crippen LogP contribution in [0.15, 0.2) is 23.7 Å². The minimum absolute atomic E-state index is 1.12. The first kappa shape index (κ1) is 5.92. The van der Waals surface area contributed by atoms with Crippen molar-refractivity contribution in [1.29, 1.82) is 0 Å². The van der Waals surface area contributed by atoms with Crippen LogP contribution in [0.4, 0.5) is 0 Å². The van der Waals surface area contributed by atoms with Crippen molar-refractivity contribution in [2.75, 3.05) is 0 Å². The van der Waals surface area contributed by atoms with Crippen molar-refractivity contribution in [2.45, 2.75) is 0 Å². The Kier molecular flexibility index (Phi) is 1.24. The molecule has 0 radical (unpaired) electrons. The fourth-order valence-corrected chi connectivity index (χ4v) is 1.63. The molecule has 48 valence electrons. The molecule has 10 heavy (non-hydrogen) atoms. The standard InChI is InChI=1S/C7H6BNS/c8-5-1-2-7-6(3-5)9-4-10-7/h1-4H,8H2. The van der Waals surface area contributed by atoms with Crippen LogP contribution in [-0.2, 0) is 0 Å². The first-order valence-electron chi connectivity index (χ1n) is 3.16. The summed E-state index contributed by atoms with van der Waals surface area (Å²) in [5.41, 5.74) is 4.27. The van der Waals surface area contributed by atoms with Crippen molar-refractivity contribution >= 4 is 34.9 Å². The second-order valence-electron chi connectivity index (χ2n) is 2.32. The number of hydrogen-bond donors (Lipinski definition) is 0. The number of hydrogen-bond acceptors (Lipinski definition) is 2. The van der Waals surface area contributed by atoms with E-state index in [0.29, 0.717) is 0 Å². The van der Waals surface area contributed by atoms with E-state index in [4.69, 9.17) is 0 Å². The Bertz CT molecular complexity index is 355. The third-order valence-electron chi connectivity index (χ3n) is 1.49. The van der Waals surface area contributed by atoms with Crippen LogP contribution in [0.3, 0.4) is 0 Å². The number of benzene rings is 1. The van der Waals surface area contributed by atoms with E-state index >= 15 is 0 Å². The summed E-state index contributed by atoms with van der Waals surface area (Å²) in [5.74, 6) is 0. The quantitative estimate of drug-likeness (QED) is 0.496. The lowest BCUT2D eigenvalue weighted by Gasteiger charge is -1.88. The first-order chi connectivity index (χ1) is 4.86. The van der Waals surface area contributed by atoms with Gasteiger partial charge in [0.1, 0.15) is 7.85 Å². The lowest BCUT2D eigenvalue weighted by Crippen LogP contribution is -1.98. The number of rotatable bonds is 0. The molecule has 0 spiro atoms. The highest BCUT2D eigenvalue weighted by Crippen LogP contribution is 2.14. The third kappa shape index (κ3) is 0.828. The molecule has 0 bridgehead atoms. The van der Waals surface area contributed by atoms with Crippen LogP contribution in [0.2, 0.25) is 0 Å². The van der Waals surface area contributed by atoms with Gasteiger partial charge in [0.25, 0.3) is 0 Å². The Morgan fingerprint density at radius 1 is 1.40 bits per heavy atom. The summed E-state index contributed by atoms with van der Waals surface area (Å²) in [4.78, 5) is 4.20. The van der Waals surface area contributed by atoms with E-state index in [0.717, 1.165) is 5.52 Å². The van der Waals surface area contributed by atoms with Gasteiger partial charge in [-0.3, -0.25) is 0 Å². The number of thiazole rings is 1. The molecule has 1 aromatic carbocycles. The van der Waals surface area contributed by atoms with Gasteiger partial charge in [-0.15, -0.1) is 11.3 Å². The van der Waals surface area contributed by atoms with Gasteiger partial charge in [0, 0.05) is 0 Å². The molecule has 3 heteroatoms. The summed E-state index contributed by atoms with van der Waals surface area (Å²) in [7, 11) is 2.08. The number of fused-ring (bicyclic) bond motifs is 1. The van der Waals surface area contributed by atoms with Crippen LogP contribution in [0.25, 0.3) is 10.2 Å². The molecule has 0 fully saturated rings. The molecule has 1 heterocycles. The molecule has 0 atom stereocenters. The molecule has 0 saturated carbocycles. The van der Waals surface area contributed by atoms with Crippen LogP contribution in [-0.4, -0.2) is 12.8 Å². The molecule has 2 rings (SSSR count). The van der Waals surface area contributed by atoms with E-state index < -0.39 is 0 Å². The van der Waals surface area contributed by atoms with Gasteiger partial charge in [0.15, 0.2) is 0 Å². The Hall–Kier alpha value is -0.825. The van der Waals surface area contributed by atoms with E-state index in [-0.39, 0.29) is 0 Å². The van der Waals surface area contributed by atoms with Gasteiger partial charge in [-0.05, 0) is 12.1 Å². The predicted molar refractivity (Wildman–Crippen MR) is 47.8 cm³/mol. The molecule has 0 aliphatic carbocycles. The predicted octanol–water partition coefficient (Wildman–Crippen LogP) is 0.555. The van der Waals surface area contributed by atoms with E-state index in [1.807, 2.05) is 5.51 Å². The Morgan fingerprint density at radius 2 is 2.30 bits per heavy atom. The highest BCUT2D eigenvalue weighted by Gasteiger charge is 1.93. The summed E-state index contributed by atoms with van der Waals surface area (Å²) in [6, 6.07) is 6.33. The van der Waals surface area contributed by atoms with Crippen molar-refractivity contribution < 1.29 is 0 Å². The van der Waals surface area contributed by atoms with Crippen molar-refractivity contribution in [1.82, 2.24) is 4.98 Å². The van der Waals surface area contributed by atoms with E-state index in [1.165, 1.54) is 10.2 Å². The molecule has 0 N–H and O–H groups in total. The maximum absolute atomic E-state index is 4.20. The third-order valence-corrected chi connectivity index (χ3v) is 2.30. The fraction of sp³-hybridized carbons (Fsp3) is 0. The normalized spacial score (nSPS) is 10.4. The maximum Gasteiger partial charge on any atom is 0.139 e. The fourth-order valence-electron chi connectivity index (χ4n) is 0.968. The highest BCUT2D eigenvalue weighted by atomic mass is 32.1. The van der Waals surface area contributed by atoms with Crippen molar-refractivity contribution in [3.63, 3.8) is 0 Å². The van der Waals surface area contributed by atoms with Crippen molar-refractivity contribution in [3.8, 4) is 0 Å². The van der Waals surface area contributed by atoms with Crippen molar-refractivity contribution in [2.24, 2.45) is 0 Å². The monoisotopic (exact) mass is 147 g/mol. The SMILES string of the molecule is Bc1ccc2scnc2c1. The Labute approximate surface area is 64.1 Å². The number of aromatic nitrogens is 1. The molecule has 1 aromatic heterocycles. The summed E-state index contributed by atoms with van der Waals surface area (Å²) < 4.78 is 1.27. The second-order valence-corrected chi connectivity index (χ2v) is 3.21. The molecule has 0 aliphatic rings. The zero-order valence-corrected chi connectivity index (χ0v) is 6.48. The zero-order chi connectivity index (χ0) is 6.97. The smallest absolute Gasteiger partial charge is 0.139 e. The first-order valence-corrected chi connectivity index (χ1v) is 4.04. The van der Waals surface area contributed by atoms with Crippen LogP contribution in [0.1, 0.15) is 0 Å². The van der Waals surface area contributed by atoms with Gasteiger partial charge < -0.3 is 0 Å². The molecular formula is C7H6BNS. The summed E-state index contributed by atoms with van der Waals surface area (Å²) >= 11 is 1.68. The van der Waals surface area contributed by atoms with Gasteiger partial charge in [-0.25, -0.2) is 4.98 Å². The molecule has 0 aliphatic heterocycles.